The molecule has 0 aliphatic heterocycles. The number of alkyl carbamates (subject to hydrolysis) is 1. The van der Waals surface area contributed by atoms with Gasteiger partial charge in [-0.25, -0.2) is 9.59 Å². The van der Waals surface area contributed by atoms with E-state index in [2.05, 4.69) is 5.32 Å². The number of nitrogens with one attached hydrogen (secondary N) is 1. The summed E-state index contributed by atoms with van der Waals surface area (Å²) in [5.74, 6) is -1.24. The highest BCUT2D eigenvalue weighted by atomic mass is 16.6. The molecule has 7 nitrogen and oxygen atoms in total. The lowest BCUT2D eigenvalue weighted by Gasteiger charge is -2.22. The van der Waals surface area contributed by atoms with E-state index in [0.29, 0.717) is 0 Å². The van der Waals surface area contributed by atoms with Crippen LogP contribution in [0.2, 0.25) is 0 Å². The minimum Gasteiger partial charge on any atom is -0.480 e. The first kappa shape index (κ1) is 15.7. The molecule has 0 aliphatic carbocycles. The molecule has 1 amide bonds. The van der Waals surface area contributed by atoms with Gasteiger partial charge in [0.25, 0.3) is 5.56 Å². The van der Waals surface area contributed by atoms with E-state index in [-0.39, 0.29) is 12.1 Å². The summed E-state index contributed by atoms with van der Waals surface area (Å²) in [5.41, 5.74) is -1.07. The van der Waals surface area contributed by atoms with Crippen molar-refractivity contribution in [3.63, 3.8) is 0 Å². The smallest absolute Gasteiger partial charge is 0.408 e. The quantitative estimate of drug-likeness (QED) is 0.852. The number of carboxylic acid groups (broad SMARTS) is 1. The van der Waals surface area contributed by atoms with E-state index in [1.165, 1.54) is 16.8 Å². The van der Waals surface area contributed by atoms with Gasteiger partial charge in [0.2, 0.25) is 0 Å². The first-order chi connectivity index (χ1) is 9.19. The molecule has 20 heavy (non-hydrogen) atoms. The van der Waals surface area contributed by atoms with Crippen LogP contribution in [0.4, 0.5) is 4.79 Å². The van der Waals surface area contributed by atoms with Crippen molar-refractivity contribution in [2.45, 2.75) is 39.0 Å². The second-order valence-electron chi connectivity index (χ2n) is 5.23. The first-order valence-corrected chi connectivity index (χ1v) is 6.07. The van der Waals surface area contributed by atoms with Gasteiger partial charge in [-0.15, -0.1) is 0 Å². The normalized spacial score (nSPS) is 12.6. The maximum absolute atomic E-state index is 11.6. The van der Waals surface area contributed by atoms with E-state index >= 15 is 0 Å². The summed E-state index contributed by atoms with van der Waals surface area (Å²) in [5, 5.41) is 11.3. The van der Waals surface area contributed by atoms with Crippen LogP contribution >= 0.6 is 0 Å². The maximum Gasteiger partial charge on any atom is 0.408 e. The Balaban J connectivity index is 2.76. The third-order valence-corrected chi connectivity index (χ3v) is 2.27. The fraction of sp³-hybridized carbons (Fsp3) is 0.462. The molecule has 1 unspecified atom stereocenters. The minimum atomic E-state index is -1.25. The second-order valence-corrected chi connectivity index (χ2v) is 5.23. The average Bonchev–Trinajstić information content (AvgIpc) is 2.28. The number of rotatable bonds is 4. The molecule has 0 bridgehead atoms. The van der Waals surface area contributed by atoms with Crippen molar-refractivity contribution in [1.82, 2.24) is 9.88 Å². The van der Waals surface area contributed by atoms with Crippen LogP contribution in [0.25, 0.3) is 0 Å². The van der Waals surface area contributed by atoms with Crippen LogP contribution in [0.15, 0.2) is 29.2 Å². The third-order valence-electron chi connectivity index (χ3n) is 2.27. The number of ether oxygens (including phenoxy) is 1. The summed E-state index contributed by atoms with van der Waals surface area (Å²) in [6.07, 6.45) is 0.614. The SMILES string of the molecule is CC(C)(C)OC(=O)NC(Cn1ccccc1=O)C(=O)O. The highest BCUT2D eigenvalue weighted by Crippen LogP contribution is 2.07. The molecule has 1 aromatic heterocycles. The van der Waals surface area contributed by atoms with Crippen molar-refractivity contribution in [2.24, 2.45) is 0 Å². The highest BCUT2D eigenvalue weighted by Gasteiger charge is 2.24. The number of carbonyl (C=O) groups is 2. The van der Waals surface area contributed by atoms with Crippen molar-refractivity contribution in [3.8, 4) is 0 Å². The Morgan fingerprint density at radius 3 is 2.55 bits per heavy atom. The van der Waals surface area contributed by atoms with E-state index in [4.69, 9.17) is 9.84 Å². The number of carbonyl (C=O) groups excluding carboxylic acids is 1. The molecule has 1 aromatic rings. The monoisotopic (exact) mass is 282 g/mol. The number of nitrogens with zero attached hydrogens (tertiary/aromatic N) is 1. The van der Waals surface area contributed by atoms with E-state index in [9.17, 15) is 14.4 Å². The number of hydrogen-bond acceptors (Lipinski definition) is 4. The molecule has 2 N–H and O–H groups in total. The Morgan fingerprint density at radius 2 is 2.05 bits per heavy atom. The summed E-state index contributed by atoms with van der Waals surface area (Å²) in [6.45, 7) is 4.84. The summed E-state index contributed by atoms with van der Waals surface area (Å²) in [7, 11) is 0. The van der Waals surface area contributed by atoms with Crippen LogP contribution in [-0.2, 0) is 16.1 Å². The van der Waals surface area contributed by atoms with Crippen molar-refractivity contribution in [2.75, 3.05) is 0 Å². The molecule has 0 saturated carbocycles. The lowest BCUT2D eigenvalue weighted by atomic mass is 10.2. The van der Waals surface area contributed by atoms with E-state index in [0.717, 1.165) is 0 Å². The molecular weight excluding hydrogens is 264 g/mol. The maximum atomic E-state index is 11.6. The lowest BCUT2D eigenvalue weighted by molar-refractivity contribution is -0.139. The van der Waals surface area contributed by atoms with Gasteiger partial charge in [0.05, 0.1) is 6.54 Å². The first-order valence-electron chi connectivity index (χ1n) is 6.07. The van der Waals surface area contributed by atoms with Crippen LogP contribution in [-0.4, -0.2) is 33.4 Å². The Labute approximate surface area is 116 Å². The van der Waals surface area contributed by atoms with Crippen molar-refractivity contribution < 1.29 is 19.4 Å². The third kappa shape index (κ3) is 5.13. The van der Waals surface area contributed by atoms with Gasteiger partial charge in [-0.3, -0.25) is 4.79 Å². The molecule has 1 heterocycles. The predicted molar refractivity (Wildman–Crippen MR) is 71.5 cm³/mol. The molecule has 7 heteroatoms. The van der Waals surface area contributed by atoms with Gasteiger partial charge in [-0.1, -0.05) is 6.07 Å². The Morgan fingerprint density at radius 1 is 1.40 bits per heavy atom. The van der Waals surface area contributed by atoms with Gasteiger partial charge in [-0.05, 0) is 26.8 Å². The second kappa shape index (κ2) is 6.23. The molecule has 0 aliphatic rings. The van der Waals surface area contributed by atoms with Gasteiger partial charge >= 0.3 is 12.1 Å². The summed E-state index contributed by atoms with van der Waals surface area (Å²) in [6, 6.07) is 3.22. The molecular formula is C13H18N2O5. The fourth-order valence-corrected chi connectivity index (χ4v) is 1.44. The van der Waals surface area contributed by atoms with E-state index in [1.54, 1.807) is 32.9 Å². The van der Waals surface area contributed by atoms with Gasteiger partial charge < -0.3 is 19.7 Å². The minimum absolute atomic E-state index is 0.172. The molecule has 1 rings (SSSR count). The van der Waals surface area contributed by atoms with Crippen LogP contribution in [0.5, 0.6) is 0 Å². The molecule has 0 spiro atoms. The zero-order valence-corrected chi connectivity index (χ0v) is 11.6. The number of aliphatic carboxylic acids is 1. The summed E-state index contributed by atoms with van der Waals surface area (Å²) >= 11 is 0. The van der Waals surface area contributed by atoms with Crippen LogP contribution in [0, 0.1) is 0 Å². The molecule has 110 valence electrons. The standard InChI is InChI=1S/C13H18N2O5/c1-13(2,3)20-12(19)14-9(11(17)18)8-15-7-5-4-6-10(15)16/h4-7,9H,8H2,1-3H3,(H,14,19)(H,17,18). The highest BCUT2D eigenvalue weighted by molar-refractivity contribution is 5.79. The van der Waals surface area contributed by atoms with E-state index in [1.807, 2.05) is 0 Å². The number of carboxylic acids is 1. The molecule has 1 atom stereocenters. The molecule has 0 fully saturated rings. The van der Waals surface area contributed by atoms with Gasteiger partial charge in [-0.2, -0.15) is 0 Å². The molecule has 0 aromatic carbocycles. The predicted octanol–water partition coefficient (Wildman–Crippen LogP) is 0.826. The number of pyridine rings is 1. The Hall–Kier alpha value is -2.31. The van der Waals surface area contributed by atoms with Gasteiger partial charge in [0, 0.05) is 12.3 Å². The Kier molecular flexibility index (Phi) is 4.90. The zero-order chi connectivity index (χ0) is 15.3. The topological polar surface area (TPSA) is 97.6 Å². The van der Waals surface area contributed by atoms with Gasteiger partial charge in [0.1, 0.15) is 11.6 Å². The van der Waals surface area contributed by atoms with Crippen LogP contribution in [0.1, 0.15) is 20.8 Å². The van der Waals surface area contributed by atoms with Gasteiger partial charge in [0.15, 0.2) is 0 Å². The molecule has 0 radical (unpaired) electrons. The lowest BCUT2D eigenvalue weighted by Crippen LogP contribution is -2.46. The number of aromatic nitrogens is 1. The fourth-order valence-electron chi connectivity index (χ4n) is 1.44. The van der Waals surface area contributed by atoms with Crippen molar-refractivity contribution >= 4 is 12.1 Å². The van der Waals surface area contributed by atoms with Crippen molar-refractivity contribution in [1.29, 1.82) is 0 Å². The number of hydrogen-bond donors (Lipinski definition) is 2. The van der Waals surface area contributed by atoms with Crippen LogP contribution < -0.4 is 10.9 Å². The Bertz CT molecular complexity index is 544. The van der Waals surface area contributed by atoms with Crippen LogP contribution in [0.3, 0.4) is 0 Å². The van der Waals surface area contributed by atoms with Crippen molar-refractivity contribution in [3.05, 3.63) is 34.7 Å². The van der Waals surface area contributed by atoms with E-state index < -0.39 is 23.7 Å². The average molecular weight is 282 g/mol. The largest absolute Gasteiger partial charge is 0.480 e. The summed E-state index contributed by atoms with van der Waals surface area (Å²) in [4.78, 5) is 34.2. The summed E-state index contributed by atoms with van der Waals surface area (Å²) < 4.78 is 6.19. The zero-order valence-electron chi connectivity index (χ0n) is 11.6. The molecule has 0 saturated heterocycles. The number of amides is 1.